The van der Waals surface area contributed by atoms with Crippen LogP contribution in [0.5, 0.6) is 0 Å². The Hall–Kier alpha value is -0.870. The highest BCUT2D eigenvalue weighted by atomic mass is 16.4. The van der Waals surface area contributed by atoms with Gasteiger partial charge in [-0.2, -0.15) is 0 Å². The van der Waals surface area contributed by atoms with Gasteiger partial charge in [-0.25, -0.2) is 4.98 Å². The van der Waals surface area contributed by atoms with Crippen LogP contribution in [0.4, 0.5) is 0 Å². The van der Waals surface area contributed by atoms with Gasteiger partial charge in [0.2, 0.25) is 5.89 Å². The summed E-state index contributed by atoms with van der Waals surface area (Å²) in [7, 11) is 0. The maximum atomic E-state index is 5.62. The van der Waals surface area contributed by atoms with Gasteiger partial charge in [-0.1, -0.05) is 6.92 Å². The van der Waals surface area contributed by atoms with E-state index in [0.717, 1.165) is 42.9 Å². The minimum Gasteiger partial charge on any atom is -0.445 e. The molecule has 3 rings (SSSR count). The molecule has 0 amide bonds. The number of aryl methyl sites for hydroxylation is 1. The average Bonchev–Trinajstić information content (AvgIpc) is 2.83. The molecule has 4 nitrogen and oxygen atoms in total. The second kappa shape index (κ2) is 5.02. The monoisotopic (exact) mass is 249 g/mol. The van der Waals surface area contributed by atoms with E-state index in [4.69, 9.17) is 4.42 Å². The molecular formula is C14H23N3O. The molecule has 1 N–H and O–H groups in total. The van der Waals surface area contributed by atoms with Crippen LogP contribution in [0.3, 0.4) is 0 Å². The van der Waals surface area contributed by atoms with E-state index < -0.39 is 0 Å². The molecule has 2 saturated heterocycles. The summed E-state index contributed by atoms with van der Waals surface area (Å²) in [6.07, 6.45) is 7.06. The number of piperidine rings is 1. The highest BCUT2D eigenvalue weighted by Crippen LogP contribution is 2.36. The molecule has 0 aromatic carbocycles. The van der Waals surface area contributed by atoms with Crippen LogP contribution in [0.15, 0.2) is 10.6 Å². The van der Waals surface area contributed by atoms with Crippen molar-refractivity contribution in [3.8, 4) is 0 Å². The van der Waals surface area contributed by atoms with Crippen molar-refractivity contribution in [2.45, 2.75) is 64.2 Å². The Morgan fingerprint density at radius 3 is 2.67 bits per heavy atom. The molecule has 18 heavy (non-hydrogen) atoms. The van der Waals surface area contributed by atoms with Crippen LogP contribution >= 0.6 is 0 Å². The van der Waals surface area contributed by atoms with Crippen LogP contribution in [-0.4, -0.2) is 34.6 Å². The predicted octanol–water partition coefficient (Wildman–Crippen LogP) is 2.09. The molecule has 2 unspecified atom stereocenters. The average molecular weight is 249 g/mol. The third-order valence-electron chi connectivity index (χ3n) is 4.36. The normalized spacial score (nSPS) is 32.0. The lowest BCUT2D eigenvalue weighted by Crippen LogP contribution is -2.48. The van der Waals surface area contributed by atoms with Crippen LogP contribution < -0.4 is 5.32 Å². The molecule has 0 radical (unpaired) electrons. The lowest BCUT2D eigenvalue weighted by molar-refractivity contribution is 0.0992. The van der Waals surface area contributed by atoms with Crippen LogP contribution in [0, 0.1) is 6.92 Å². The lowest BCUT2D eigenvalue weighted by atomic mass is 9.97. The minimum atomic E-state index is 0.718. The first-order chi connectivity index (χ1) is 8.76. The first-order valence-electron chi connectivity index (χ1n) is 7.16. The van der Waals surface area contributed by atoms with Gasteiger partial charge in [0.05, 0.1) is 12.7 Å². The summed E-state index contributed by atoms with van der Waals surface area (Å²) in [5.74, 6) is 1.80. The maximum absolute atomic E-state index is 5.62. The van der Waals surface area contributed by atoms with E-state index in [-0.39, 0.29) is 0 Å². The van der Waals surface area contributed by atoms with E-state index in [0.29, 0.717) is 0 Å². The minimum absolute atomic E-state index is 0.718. The fraction of sp³-hybridized carbons (Fsp3) is 0.786. The zero-order valence-electron chi connectivity index (χ0n) is 11.4. The SMILES string of the molecule is CCNC1CC2CCC(C1)N2Cc1ncc(C)o1. The van der Waals surface area contributed by atoms with E-state index in [2.05, 4.69) is 22.1 Å². The second-order valence-electron chi connectivity index (χ2n) is 5.65. The van der Waals surface area contributed by atoms with Gasteiger partial charge in [-0.3, -0.25) is 4.90 Å². The van der Waals surface area contributed by atoms with E-state index >= 15 is 0 Å². The van der Waals surface area contributed by atoms with Gasteiger partial charge in [-0.15, -0.1) is 0 Å². The summed E-state index contributed by atoms with van der Waals surface area (Å²) in [4.78, 5) is 6.95. The Bertz CT molecular complexity index is 389. The quantitative estimate of drug-likeness (QED) is 0.887. The number of hydrogen-bond donors (Lipinski definition) is 1. The van der Waals surface area contributed by atoms with E-state index in [1.54, 1.807) is 0 Å². The molecule has 3 heterocycles. The molecule has 100 valence electrons. The number of oxazole rings is 1. The fourth-order valence-electron chi connectivity index (χ4n) is 3.62. The second-order valence-corrected chi connectivity index (χ2v) is 5.65. The Morgan fingerprint density at radius 2 is 2.11 bits per heavy atom. The zero-order valence-corrected chi connectivity index (χ0v) is 11.4. The number of hydrogen-bond acceptors (Lipinski definition) is 4. The number of nitrogens with one attached hydrogen (secondary N) is 1. The zero-order chi connectivity index (χ0) is 12.5. The molecule has 2 atom stereocenters. The van der Waals surface area contributed by atoms with Gasteiger partial charge in [0.1, 0.15) is 5.76 Å². The summed E-state index contributed by atoms with van der Waals surface area (Å²) >= 11 is 0. The predicted molar refractivity (Wildman–Crippen MR) is 70.3 cm³/mol. The van der Waals surface area contributed by atoms with E-state index in [1.807, 2.05) is 13.1 Å². The molecule has 2 aliphatic heterocycles. The third kappa shape index (κ3) is 2.31. The molecule has 2 bridgehead atoms. The number of rotatable bonds is 4. The van der Waals surface area contributed by atoms with Crippen LogP contribution in [0.25, 0.3) is 0 Å². The molecular weight excluding hydrogens is 226 g/mol. The summed E-state index contributed by atoms with van der Waals surface area (Å²) < 4.78 is 5.62. The van der Waals surface area contributed by atoms with Gasteiger partial charge in [0, 0.05) is 18.1 Å². The largest absolute Gasteiger partial charge is 0.445 e. The van der Waals surface area contributed by atoms with Gasteiger partial charge in [0.15, 0.2) is 0 Å². The van der Waals surface area contributed by atoms with Gasteiger partial charge < -0.3 is 9.73 Å². The molecule has 2 aliphatic rings. The molecule has 4 heteroatoms. The van der Waals surface area contributed by atoms with Crippen LogP contribution in [0.2, 0.25) is 0 Å². The first kappa shape index (κ1) is 12.2. The molecule has 1 aromatic heterocycles. The summed E-state index contributed by atoms with van der Waals surface area (Å²) in [6.45, 7) is 6.14. The molecule has 0 aliphatic carbocycles. The summed E-state index contributed by atoms with van der Waals surface area (Å²) in [5, 5.41) is 3.61. The van der Waals surface area contributed by atoms with Crippen molar-refractivity contribution in [2.24, 2.45) is 0 Å². The van der Waals surface area contributed by atoms with Crippen LogP contribution in [-0.2, 0) is 6.54 Å². The summed E-state index contributed by atoms with van der Waals surface area (Å²) in [5.41, 5.74) is 0. The highest BCUT2D eigenvalue weighted by Gasteiger charge is 2.40. The topological polar surface area (TPSA) is 41.3 Å². The maximum Gasteiger partial charge on any atom is 0.208 e. The number of nitrogens with zero attached hydrogens (tertiary/aromatic N) is 2. The fourth-order valence-corrected chi connectivity index (χ4v) is 3.62. The Labute approximate surface area is 109 Å². The van der Waals surface area contributed by atoms with Gasteiger partial charge in [0.25, 0.3) is 0 Å². The molecule has 0 saturated carbocycles. The van der Waals surface area contributed by atoms with Crippen molar-refractivity contribution in [1.29, 1.82) is 0 Å². The van der Waals surface area contributed by atoms with Crippen molar-refractivity contribution in [2.75, 3.05) is 6.54 Å². The van der Waals surface area contributed by atoms with Crippen LogP contribution in [0.1, 0.15) is 44.3 Å². The van der Waals surface area contributed by atoms with Crippen molar-refractivity contribution in [3.05, 3.63) is 17.8 Å². The van der Waals surface area contributed by atoms with Crippen molar-refractivity contribution < 1.29 is 4.42 Å². The van der Waals surface area contributed by atoms with Gasteiger partial charge in [-0.05, 0) is 39.2 Å². The number of aromatic nitrogens is 1. The molecule has 0 spiro atoms. The third-order valence-corrected chi connectivity index (χ3v) is 4.36. The standard InChI is InChI=1S/C14H23N3O/c1-3-15-11-6-12-4-5-13(7-11)17(12)9-14-16-8-10(2)18-14/h8,11-13,15H,3-7,9H2,1-2H3. The van der Waals surface area contributed by atoms with E-state index in [1.165, 1.54) is 25.7 Å². The summed E-state index contributed by atoms with van der Waals surface area (Å²) in [6, 6.07) is 2.16. The Balaban J connectivity index is 1.65. The molecule has 2 fully saturated rings. The van der Waals surface area contributed by atoms with E-state index in [9.17, 15) is 0 Å². The molecule has 1 aromatic rings. The smallest absolute Gasteiger partial charge is 0.208 e. The Kier molecular flexibility index (Phi) is 3.39. The van der Waals surface area contributed by atoms with Crippen molar-refractivity contribution in [1.82, 2.24) is 15.2 Å². The first-order valence-corrected chi connectivity index (χ1v) is 7.16. The van der Waals surface area contributed by atoms with Gasteiger partial charge >= 0.3 is 0 Å². The van der Waals surface area contributed by atoms with Crippen molar-refractivity contribution in [3.63, 3.8) is 0 Å². The lowest BCUT2D eigenvalue weighted by Gasteiger charge is -2.38. The highest BCUT2D eigenvalue weighted by molar-refractivity contribution is 5.00. The van der Waals surface area contributed by atoms with Crippen molar-refractivity contribution >= 4 is 0 Å². The Morgan fingerprint density at radius 1 is 1.39 bits per heavy atom. The number of fused-ring (bicyclic) bond motifs is 2.